The average molecular weight is 335 g/mol. The first-order chi connectivity index (χ1) is 10.8. The van der Waals surface area contributed by atoms with Gasteiger partial charge in [0.05, 0.1) is 6.10 Å². The van der Waals surface area contributed by atoms with E-state index in [-0.39, 0.29) is 11.9 Å². The van der Waals surface area contributed by atoms with Gasteiger partial charge in [-0.25, -0.2) is 9.38 Å². The molecule has 0 spiro atoms. The highest BCUT2D eigenvalue weighted by Gasteiger charge is 2.18. The fourth-order valence-corrected chi connectivity index (χ4v) is 3.37. The number of aliphatic imine (C=N–C) groups is 1. The second-order valence-corrected chi connectivity index (χ2v) is 11.4. The fourth-order valence-electron chi connectivity index (χ4n) is 2.61. The van der Waals surface area contributed by atoms with Crippen molar-refractivity contribution in [3.8, 4) is 5.75 Å². The van der Waals surface area contributed by atoms with E-state index in [1.165, 1.54) is 31.4 Å². The third-order valence-corrected chi connectivity index (χ3v) is 4.44. The van der Waals surface area contributed by atoms with Crippen LogP contribution in [0.3, 0.4) is 0 Å². The van der Waals surface area contributed by atoms with Gasteiger partial charge in [-0.1, -0.05) is 6.42 Å². The van der Waals surface area contributed by atoms with E-state index < -0.39 is 8.32 Å². The highest BCUT2D eigenvalue weighted by molar-refractivity contribution is 6.70. The first-order valence-electron chi connectivity index (χ1n) is 8.22. The van der Waals surface area contributed by atoms with Gasteiger partial charge in [0.15, 0.2) is 5.88 Å². The zero-order valence-corrected chi connectivity index (χ0v) is 15.3. The number of hydrogen-bond donors (Lipinski definition) is 0. The second kappa shape index (κ2) is 7.77. The van der Waals surface area contributed by atoms with Gasteiger partial charge in [0.25, 0.3) is 0 Å². The van der Waals surface area contributed by atoms with Crippen LogP contribution in [0.1, 0.15) is 37.7 Å². The summed E-state index contributed by atoms with van der Waals surface area (Å²) in [5, 5.41) is 0. The van der Waals surface area contributed by atoms with E-state index in [9.17, 15) is 4.39 Å². The van der Waals surface area contributed by atoms with Gasteiger partial charge >= 0.3 is 0 Å². The third kappa shape index (κ3) is 6.18. The van der Waals surface area contributed by atoms with Gasteiger partial charge in [0.2, 0.25) is 8.32 Å². The van der Waals surface area contributed by atoms with Crippen molar-refractivity contribution in [1.29, 1.82) is 0 Å². The van der Waals surface area contributed by atoms with Crippen LogP contribution < -0.4 is 4.74 Å². The lowest BCUT2D eigenvalue weighted by Gasteiger charge is -2.24. The highest BCUT2D eigenvalue weighted by atomic mass is 28.4. The second-order valence-electron chi connectivity index (χ2n) is 6.93. The van der Waals surface area contributed by atoms with Gasteiger partial charge in [-0.05, 0) is 70.1 Å². The molecule has 1 aromatic carbocycles. The van der Waals surface area contributed by atoms with Crippen molar-refractivity contribution in [2.75, 3.05) is 0 Å². The number of rotatable bonds is 6. The monoisotopic (exact) mass is 335 g/mol. The van der Waals surface area contributed by atoms with Crippen LogP contribution in [0, 0.1) is 5.82 Å². The molecule has 0 heterocycles. The van der Waals surface area contributed by atoms with E-state index in [4.69, 9.17) is 9.16 Å². The van der Waals surface area contributed by atoms with Crippen molar-refractivity contribution in [3.63, 3.8) is 0 Å². The average Bonchev–Trinajstić information content (AvgIpc) is 2.47. The van der Waals surface area contributed by atoms with Crippen LogP contribution >= 0.6 is 0 Å². The van der Waals surface area contributed by atoms with Gasteiger partial charge < -0.3 is 9.16 Å². The Kier molecular flexibility index (Phi) is 5.99. The molecule has 0 N–H and O–H groups in total. The quantitative estimate of drug-likeness (QED) is 0.402. The van der Waals surface area contributed by atoms with E-state index in [2.05, 4.69) is 31.2 Å². The predicted molar refractivity (Wildman–Crippen MR) is 95.1 cm³/mol. The van der Waals surface area contributed by atoms with Gasteiger partial charge in [0.1, 0.15) is 11.6 Å². The number of hydrogen-bond acceptors (Lipinski definition) is 3. The molecule has 0 radical (unpaired) electrons. The van der Waals surface area contributed by atoms with Crippen LogP contribution in [0.2, 0.25) is 19.6 Å². The molecule has 0 atom stereocenters. The minimum Gasteiger partial charge on any atom is -0.532 e. The summed E-state index contributed by atoms with van der Waals surface area (Å²) < 4.78 is 25.3. The third-order valence-electron chi connectivity index (χ3n) is 3.59. The lowest BCUT2D eigenvalue weighted by Crippen LogP contribution is -2.24. The Morgan fingerprint density at radius 3 is 2.61 bits per heavy atom. The summed E-state index contributed by atoms with van der Waals surface area (Å²) in [6.07, 6.45) is 7.54. The largest absolute Gasteiger partial charge is 0.532 e. The summed E-state index contributed by atoms with van der Waals surface area (Å²) in [6, 6.07) is 4.53. The summed E-state index contributed by atoms with van der Waals surface area (Å²) in [7, 11) is -1.74. The van der Waals surface area contributed by atoms with E-state index >= 15 is 0 Å². The molecule has 5 heteroatoms. The number of nitrogens with zero attached hydrogens (tertiary/aromatic N) is 1. The Bertz CT molecular complexity index is 575. The molecule has 0 saturated heterocycles. The lowest BCUT2D eigenvalue weighted by molar-refractivity contribution is 0.154. The van der Waals surface area contributed by atoms with Crippen LogP contribution in [0.25, 0.3) is 0 Å². The minimum absolute atomic E-state index is 0.211. The first-order valence-corrected chi connectivity index (χ1v) is 11.6. The SMILES string of the molecule is C=C(/N=C/c1cc(F)ccc1OC1CCCCC1)O[Si](C)(C)C. The molecule has 1 aliphatic carbocycles. The van der Waals surface area contributed by atoms with E-state index in [1.54, 1.807) is 12.3 Å². The van der Waals surface area contributed by atoms with Crippen LogP contribution in [0.5, 0.6) is 5.75 Å². The topological polar surface area (TPSA) is 30.8 Å². The van der Waals surface area contributed by atoms with Crippen molar-refractivity contribution < 1.29 is 13.6 Å². The summed E-state index contributed by atoms with van der Waals surface area (Å²) in [6.45, 7) is 9.99. The molecule has 3 nitrogen and oxygen atoms in total. The van der Waals surface area contributed by atoms with Crippen molar-refractivity contribution in [3.05, 3.63) is 42.0 Å². The maximum Gasteiger partial charge on any atom is 0.244 e. The van der Waals surface area contributed by atoms with Crippen molar-refractivity contribution >= 4 is 14.5 Å². The van der Waals surface area contributed by atoms with Crippen molar-refractivity contribution in [1.82, 2.24) is 0 Å². The molecule has 0 aromatic heterocycles. The Morgan fingerprint density at radius 2 is 1.96 bits per heavy atom. The molecular weight excluding hydrogens is 309 g/mol. The molecule has 0 bridgehead atoms. The fraction of sp³-hybridized carbons (Fsp3) is 0.500. The van der Waals surface area contributed by atoms with Crippen molar-refractivity contribution in [2.24, 2.45) is 4.99 Å². The van der Waals surface area contributed by atoms with Gasteiger partial charge in [0, 0.05) is 11.8 Å². The first kappa shape index (κ1) is 17.7. The molecule has 1 aliphatic rings. The van der Waals surface area contributed by atoms with Gasteiger partial charge in [-0.2, -0.15) is 0 Å². The summed E-state index contributed by atoms with van der Waals surface area (Å²) >= 11 is 0. The maximum absolute atomic E-state index is 13.6. The summed E-state index contributed by atoms with van der Waals surface area (Å²) in [5.74, 6) is 0.721. The predicted octanol–water partition coefficient (Wildman–Crippen LogP) is 5.28. The van der Waals surface area contributed by atoms with Crippen LogP contribution in [-0.4, -0.2) is 20.6 Å². The van der Waals surface area contributed by atoms with Gasteiger partial charge in [-0.15, -0.1) is 0 Å². The van der Waals surface area contributed by atoms with Gasteiger partial charge in [-0.3, -0.25) is 0 Å². The molecule has 0 aliphatic heterocycles. The Morgan fingerprint density at radius 1 is 1.26 bits per heavy atom. The summed E-state index contributed by atoms with van der Waals surface area (Å²) in [4.78, 5) is 4.22. The molecule has 1 aromatic rings. The number of benzene rings is 1. The van der Waals surface area contributed by atoms with E-state index in [0.717, 1.165) is 12.8 Å². The Hall–Kier alpha value is -1.62. The lowest BCUT2D eigenvalue weighted by atomic mass is 9.98. The molecule has 126 valence electrons. The molecule has 0 amide bonds. The van der Waals surface area contributed by atoms with E-state index in [1.807, 2.05) is 0 Å². The molecular formula is C18H26FNO2Si. The smallest absolute Gasteiger partial charge is 0.244 e. The Labute approximate surface area is 139 Å². The molecule has 1 fully saturated rings. The van der Waals surface area contributed by atoms with E-state index in [0.29, 0.717) is 17.2 Å². The van der Waals surface area contributed by atoms with Crippen LogP contribution in [-0.2, 0) is 4.43 Å². The molecule has 1 saturated carbocycles. The number of ether oxygens (including phenoxy) is 1. The zero-order valence-electron chi connectivity index (χ0n) is 14.3. The molecule has 2 rings (SSSR count). The minimum atomic E-state index is -1.74. The molecule has 23 heavy (non-hydrogen) atoms. The Balaban J connectivity index is 2.10. The standard InChI is InChI=1S/C18H26FNO2Si/c1-14(22-23(2,3)4)20-13-15-12-16(19)10-11-18(15)21-17-8-6-5-7-9-17/h10-13,17H,1,5-9H2,2-4H3/b20-13+. The van der Waals surface area contributed by atoms with Crippen LogP contribution in [0.15, 0.2) is 35.7 Å². The summed E-state index contributed by atoms with van der Waals surface area (Å²) in [5.41, 5.74) is 0.621. The molecule has 0 unspecified atom stereocenters. The normalized spacial score (nSPS) is 16.5. The maximum atomic E-state index is 13.6. The zero-order chi connectivity index (χ0) is 16.9. The number of halogens is 1. The van der Waals surface area contributed by atoms with Crippen molar-refractivity contribution in [2.45, 2.75) is 57.8 Å². The van der Waals surface area contributed by atoms with Crippen LogP contribution in [0.4, 0.5) is 4.39 Å². The highest BCUT2D eigenvalue weighted by Crippen LogP contribution is 2.26.